The summed E-state index contributed by atoms with van der Waals surface area (Å²) in [6.07, 6.45) is 3.56. The van der Waals surface area contributed by atoms with Crippen molar-refractivity contribution in [2.24, 2.45) is 7.05 Å². The number of benzene rings is 2. The Morgan fingerprint density at radius 2 is 1.93 bits per heavy atom. The number of carbonyl (C=O) groups excluding carboxylic acids is 1. The van der Waals surface area contributed by atoms with Crippen molar-refractivity contribution in [3.63, 3.8) is 0 Å². The molecule has 2 aromatic heterocycles. The van der Waals surface area contributed by atoms with E-state index in [1.54, 1.807) is 26.4 Å². The molecule has 0 bridgehead atoms. The molecule has 4 aromatic rings. The fourth-order valence-electron chi connectivity index (χ4n) is 4.22. The number of nitrogens with one attached hydrogen (secondary N) is 2. The maximum absolute atomic E-state index is 13.0. The molecule has 1 atom stereocenters. The standard InChI is InChI=1S/C29H35N7O5S/c1-19(18-42(38,39)40)28(37)31-23-15-24(27(41-6)16-26(23)35(4)14-13-34(2)3)33-29-30-12-11-22(32-29)21-17-36(5)25-10-8-7-9-20(21)25/h7-12,15-17H,1,13-14,18H2,2-6H3,(H,31,37)(H,30,32,33)(H,38,39,40)/i13D,14D2. The molecule has 12 nitrogen and oxygen atoms in total. The number of amides is 1. The number of para-hydroxylation sites is 1. The molecule has 0 fully saturated rings. The van der Waals surface area contributed by atoms with Crippen molar-refractivity contribution in [2.45, 2.75) is 0 Å². The van der Waals surface area contributed by atoms with Crippen LogP contribution in [0, 0.1) is 0 Å². The quantitative estimate of drug-likeness (QED) is 0.163. The second-order valence-electron chi connectivity index (χ2n) is 9.70. The van der Waals surface area contributed by atoms with Crippen LogP contribution >= 0.6 is 0 Å². The molecule has 1 amide bonds. The Morgan fingerprint density at radius 3 is 2.62 bits per heavy atom. The molecule has 1 unspecified atom stereocenters. The number of hydrogen-bond donors (Lipinski definition) is 3. The van der Waals surface area contributed by atoms with E-state index in [4.69, 9.17) is 8.85 Å². The number of nitrogens with zero attached hydrogens (tertiary/aromatic N) is 5. The van der Waals surface area contributed by atoms with Crippen LogP contribution in [-0.4, -0.2) is 85.3 Å². The van der Waals surface area contributed by atoms with Gasteiger partial charge in [0.2, 0.25) is 5.95 Å². The minimum atomic E-state index is -4.54. The summed E-state index contributed by atoms with van der Waals surface area (Å²) in [5.41, 5.74) is 2.55. The molecule has 0 radical (unpaired) electrons. The number of ether oxygens (including phenoxy) is 1. The zero-order valence-electron chi connectivity index (χ0n) is 26.9. The summed E-state index contributed by atoms with van der Waals surface area (Å²) in [7, 11) is 3.34. The Kier molecular flexibility index (Phi) is 7.93. The first-order valence-electron chi connectivity index (χ1n) is 14.2. The molecule has 3 N–H and O–H groups in total. The smallest absolute Gasteiger partial charge is 0.269 e. The number of rotatable bonds is 12. The second kappa shape index (κ2) is 12.6. The topological polar surface area (TPSA) is 142 Å². The monoisotopic (exact) mass is 596 g/mol. The van der Waals surface area contributed by atoms with Gasteiger partial charge in [-0.1, -0.05) is 24.8 Å². The average Bonchev–Trinajstić information content (AvgIpc) is 3.32. The Balaban J connectivity index is 1.78. The number of aryl methyl sites for hydroxylation is 1. The summed E-state index contributed by atoms with van der Waals surface area (Å²) in [6, 6.07) is 12.6. The van der Waals surface area contributed by atoms with Gasteiger partial charge in [-0.05, 0) is 32.3 Å². The maximum atomic E-state index is 13.0. The highest BCUT2D eigenvalue weighted by molar-refractivity contribution is 7.86. The van der Waals surface area contributed by atoms with E-state index in [1.807, 2.05) is 42.1 Å². The van der Waals surface area contributed by atoms with E-state index in [9.17, 15) is 17.8 Å². The van der Waals surface area contributed by atoms with Gasteiger partial charge in [-0.25, -0.2) is 9.97 Å². The third-order valence-corrected chi connectivity index (χ3v) is 6.90. The highest BCUT2D eigenvalue weighted by Gasteiger charge is 2.20. The first kappa shape index (κ1) is 26.4. The first-order chi connectivity index (χ1) is 21.0. The van der Waals surface area contributed by atoms with Crippen molar-refractivity contribution < 1.29 is 26.6 Å². The highest BCUT2D eigenvalue weighted by atomic mass is 32.2. The van der Waals surface area contributed by atoms with E-state index in [0.29, 0.717) is 5.69 Å². The van der Waals surface area contributed by atoms with Gasteiger partial charge in [0.1, 0.15) is 11.5 Å². The van der Waals surface area contributed by atoms with Crippen LogP contribution in [-0.2, 0) is 22.0 Å². The second-order valence-corrected chi connectivity index (χ2v) is 11.1. The van der Waals surface area contributed by atoms with Gasteiger partial charge in [0.25, 0.3) is 16.0 Å². The van der Waals surface area contributed by atoms with Gasteiger partial charge in [0, 0.05) is 69.0 Å². The van der Waals surface area contributed by atoms with E-state index in [1.165, 1.54) is 31.2 Å². The van der Waals surface area contributed by atoms with Crippen LogP contribution < -0.4 is 20.3 Å². The van der Waals surface area contributed by atoms with Crippen LogP contribution in [0.15, 0.2) is 67.0 Å². The molecule has 0 aliphatic rings. The van der Waals surface area contributed by atoms with Gasteiger partial charge < -0.3 is 29.7 Å². The lowest BCUT2D eigenvalue weighted by atomic mass is 10.1. The molecule has 13 heteroatoms. The fraction of sp³-hybridized carbons (Fsp3) is 0.276. The molecule has 0 aliphatic carbocycles. The van der Waals surface area contributed by atoms with Gasteiger partial charge in [0.15, 0.2) is 0 Å². The van der Waals surface area contributed by atoms with Crippen LogP contribution in [0.2, 0.25) is 0 Å². The third-order valence-electron chi connectivity index (χ3n) is 6.19. The summed E-state index contributed by atoms with van der Waals surface area (Å²) in [5.74, 6) is -1.51. The van der Waals surface area contributed by atoms with E-state index in [2.05, 4.69) is 27.2 Å². The zero-order chi connectivity index (χ0) is 33.3. The van der Waals surface area contributed by atoms with Crippen LogP contribution in [0.3, 0.4) is 0 Å². The predicted octanol–water partition coefficient (Wildman–Crippen LogP) is 3.77. The molecule has 2 heterocycles. The molecule has 42 heavy (non-hydrogen) atoms. The van der Waals surface area contributed by atoms with Crippen molar-refractivity contribution in [1.29, 1.82) is 0 Å². The molecular weight excluding hydrogens is 558 g/mol. The molecular formula is C29H35N7O5S. The number of carbonyl (C=O) groups is 1. The number of likely N-dealkylation sites (N-methyl/N-ethyl adjacent to an activating group) is 2. The van der Waals surface area contributed by atoms with Gasteiger partial charge in [0.05, 0.1) is 32.6 Å². The number of aromatic nitrogens is 3. The Morgan fingerprint density at radius 1 is 1.19 bits per heavy atom. The van der Waals surface area contributed by atoms with Crippen LogP contribution in [0.1, 0.15) is 4.11 Å². The van der Waals surface area contributed by atoms with E-state index < -0.39 is 40.4 Å². The molecule has 4 rings (SSSR count). The maximum Gasteiger partial charge on any atom is 0.269 e. The van der Waals surface area contributed by atoms with Crippen molar-refractivity contribution in [3.05, 3.63) is 67.0 Å². The number of hydrogen-bond acceptors (Lipinski definition) is 9. The van der Waals surface area contributed by atoms with Crippen LogP contribution in [0.4, 0.5) is 23.0 Å². The Labute approximate surface area is 249 Å². The summed E-state index contributed by atoms with van der Waals surface area (Å²) < 4.78 is 65.3. The minimum absolute atomic E-state index is 0.0299. The highest BCUT2D eigenvalue weighted by Crippen LogP contribution is 2.38. The zero-order valence-corrected chi connectivity index (χ0v) is 24.7. The lowest BCUT2D eigenvalue weighted by molar-refractivity contribution is -0.112. The number of fused-ring (bicyclic) bond motifs is 1. The van der Waals surface area contributed by atoms with Gasteiger partial charge in [-0.2, -0.15) is 8.42 Å². The Bertz CT molecular complexity index is 1860. The van der Waals surface area contributed by atoms with Crippen LogP contribution in [0.25, 0.3) is 22.2 Å². The van der Waals surface area contributed by atoms with Gasteiger partial charge in [-0.3, -0.25) is 9.35 Å². The number of anilines is 4. The van der Waals surface area contributed by atoms with Crippen LogP contribution in [0.5, 0.6) is 5.75 Å². The van der Waals surface area contributed by atoms with Crippen molar-refractivity contribution in [3.8, 4) is 17.0 Å². The van der Waals surface area contributed by atoms with Crippen molar-refractivity contribution in [2.75, 3.05) is 62.6 Å². The SMILES string of the molecule is [2H]C(N(C)C)C([2H])([2H])N(C)c1cc(OC)c(Nc2nccc(-c3cn(C)c4ccccc34)n2)cc1NC(=O)C(=C)CS(=O)(=O)O. The average molecular weight is 597 g/mol. The largest absolute Gasteiger partial charge is 0.494 e. The summed E-state index contributed by atoms with van der Waals surface area (Å²) in [5, 5.41) is 6.65. The molecule has 0 saturated heterocycles. The molecule has 222 valence electrons. The third kappa shape index (κ3) is 7.24. The van der Waals surface area contributed by atoms with E-state index in [0.717, 1.165) is 21.4 Å². The van der Waals surface area contributed by atoms with Crippen molar-refractivity contribution >= 4 is 49.9 Å². The predicted molar refractivity (Wildman–Crippen MR) is 166 cm³/mol. The van der Waals surface area contributed by atoms with E-state index in [-0.39, 0.29) is 28.8 Å². The fourth-order valence-corrected chi connectivity index (χ4v) is 4.79. The number of methoxy groups -OCH3 is 1. The Hall–Kier alpha value is -4.46. The summed E-state index contributed by atoms with van der Waals surface area (Å²) in [6.45, 7) is -0.153. The minimum Gasteiger partial charge on any atom is -0.494 e. The molecule has 2 aromatic carbocycles. The first-order valence-corrected chi connectivity index (χ1v) is 14.3. The molecule has 0 saturated carbocycles. The normalized spacial score (nSPS) is 13.6. The van der Waals surface area contributed by atoms with Crippen molar-refractivity contribution in [1.82, 2.24) is 19.4 Å². The molecule has 0 spiro atoms. The summed E-state index contributed by atoms with van der Waals surface area (Å²) >= 11 is 0. The lowest BCUT2D eigenvalue weighted by Gasteiger charge is -2.26. The van der Waals surface area contributed by atoms with Gasteiger partial charge in [-0.15, -0.1) is 0 Å². The summed E-state index contributed by atoms with van der Waals surface area (Å²) in [4.78, 5) is 24.5. The lowest BCUT2D eigenvalue weighted by Crippen LogP contribution is -2.29. The van der Waals surface area contributed by atoms with Gasteiger partial charge >= 0.3 is 0 Å². The van der Waals surface area contributed by atoms with E-state index >= 15 is 0 Å². The molecule has 0 aliphatic heterocycles.